The van der Waals surface area contributed by atoms with Crippen molar-refractivity contribution < 1.29 is 19.4 Å². The van der Waals surface area contributed by atoms with Crippen LogP contribution < -0.4 is 5.32 Å². The van der Waals surface area contributed by atoms with Gasteiger partial charge in [-0.25, -0.2) is 9.59 Å². The largest absolute Gasteiger partial charge is 0.478 e. The number of hydrogen-bond acceptors (Lipinski definition) is 4. The van der Waals surface area contributed by atoms with E-state index in [1.807, 2.05) is 30.3 Å². The number of aromatic nitrogens is 1. The molecule has 0 fully saturated rings. The quantitative estimate of drug-likeness (QED) is 0.901. The summed E-state index contributed by atoms with van der Waals surface area (Å²) < 4.78 is 5.24. The summed E-state index contributed by atoms with van der Waals surface area (Å²) in [6.07, 6.45) is 3.25. The Morgan fingerprint density at radius 3 is 2.83 bits per heavy atom. The number of amides is 1. The molecule has 3 rings (SSSR count). The van der Waals surface area contributed by atoms with Crippen LogP contribution >= 0.6 is 0 Å². The Morgan fingerprint density at radius 2 is 2.08 bits per heavy atom. The number of carbonyl (C=O) groups is 2. The normalized spacial score (nSPS) is 16.1. The molecule has 124 valence electrons. The number of carboxylic acid groups (broad SMARTS) is 1. The van der Waals surface area contributed by atoms with Crippen LogP contribution in [-0.4, -0.2) is 22.2 Å². The predicted octanol–water partition coefficient (Wildman–Crippen LogP) is 3.08. The number of ether oxygens (including phenoxy) is 1. The number of carbonyl (C=O) groups excluding carboxylic acids is 1. The van der Waals surface area contributed by atoms with Crippen LogP contribution in [0.1, 0.15) is 46.1 Å². The van der Waals surface area contributed by atoms with Crippen molar-refractivity contribution in [2.24, 2.45) is 0 Å². The molecule has 1 atom stereocenters. The fourth-order valence-electron chi connectivity index (χ4n) is 2.82. The Kier molecular flexibility index (Phi) is 4.74. The van der Waals surface area contributed by atoms with Crippen LogP contribution in [0.2, 0.25) is 0 Å². The minimum atomic E-state index is -1.03. The molecule has 6 nitrogen and oxygen atoms in total. The third kappa shape index (κ3) is 3.71. The van der Waals surface area contributed by atoms with Gasteiger partial charge in [0.2, 0.25) is 0 Å². The van der Waals surface area contributed by atoms with Gasteiger partial charge in [-0.3, -0.25) is 4.98 Å². The molecule has 0 aliphatic heterocycles. The fraction of sp³-hybridized carbons (Fsp3) is 0.278. The summed E-state index contributed by atoms with van der Waals surface area (Å²) >= 11 is 0. The molecule has 1 aliphatic carbocycles. The maximum Gasteiger partial charge on any atom is 0.407 e. The Labute approximate surface area is 139 Å². The number of alkyl carbamates (subject to hydrolysis) is 1. The molecule has 1 unspecified atom stereocenters. The number of hydrogen-bond donors (Lipinski definition) is 2. The minimum absolute atomic E-state index is 0.125. The highest BCUT2D eigenvalue weighted by Crippen LogP contribution is 2.29. The first-order valence-corrected chi connectivity index (χ1v) is 7.83. The van der Waals surface area contributed by atoms with E-state index < -0.39 is 12.1 Å². The summed E-state index contributed by atoms with van der Waals surface area (Å²) in [6, 6.07) is 10.7. The minimum Gasteiger partial charge on any atom is -0.478 e. The van der Waals surface area contributed by atoms with Gasteiger partial charge in [-0.2, -0.15) is 0 Å². The maximum absolute atomic E-state index is 12.0. The van der Waals surface area contributed by atoms with Gasteiger partial charge in [0.25, 0.3) is 0 Å². The average Bonchev–Trinajstić information content (AvgIpc) is 2.61. The van der Waals surface area contributed by atoms with Crippen molar-refractivity contribution in [1.29, 1.82) is 0 Å². The number of nitrogens with one attached hydrogen (secondary N) is 1. The number of aromatic carboxylic acids is 1. The van der Waals surface area contributed by atoms with Crippen LogP contribution in [0, 0.1) is 0 Å². The van der Waals surface area contributed by atoms with Crippen molar-refractivity contribution in [3.63, 3.8) is 0 Å². The Balaban J connectivity index is 1.67. The zero-order valence-electron chi connectivity index (χ0n) is 13.1. The highest BCUT2D eigenvalue weighted by atomic mass is 16.5. The van der Waals surface area contributed by atoms with Crippen molar-refractivity contribution in [3.05, 3.63) is 65.0 Å². The van der Waals surface area contributed by atoms with Gasteiger partial charge < -0.3 is 15.2 Å². The lowest BCUT2D eigenvalue weighted by molar-refractivity contribution is 0.0696. The van der Waals surface area contributed by atoms with Crippen LogP contribution in [-0.2, 0) is 17.8 Å². The van der Waals surface area contributed by atoms with Gasteiger partial charge in [-0.05, 0) is 36.5 Å². The molecule has 1 heterocycles. The summed E-state index contributed by atoms with van der Waals surface area (Å²) in [4.78, 5) is 27.4. The van der Waals surface area contributed by atoms with Crippen LogP contribution in [0.25, 0.3) is 0 Å². The second kappa shape index (κ2) is 7.12. The van der Waals surface area contributed by atoms with Crippen molar-refractivity contribution >= 4 is 12.1 Å². The van der Waals surface area contributed by atoms with Gasteiger partial charge in [0, 0.05) is 11.9 Å². The lowest BCUT2D eigenvalue weighted by Crippen LogP contribution is -2.32. The molecular formula is C18H18N2O4. The number of carboxylic acids is 1. The van der Waals surface area contributed by atoms with Gasteiger partial charge >= 0.3 is 12.1 Å². The summed E-state index contributed by atoms with van der Waals surface area (Å²) in [6.45, 7) is 0.194. The molecule has 2 aromatic rings. The van der Waals surface area contributed by atoms with Gasteiger partial charge in [0.1, 0.15) is 6.61 Å². The van der Waals surface area contributed by atoms with Gasteiger partial charge in [0.15, 0.2) is 0 Å². The third-order valence-corrected chi connectivity index (χ3v) is 4.04. The molecule has 0 radical (unpaired) electrons. The van der Waals surface area contributed by atoms with Gasteiger partial charge in [-0.1, -0.05) is 30.3 Å². The molecule has 1 aromatic heterocycles. The highest BCUT2D eigenvalue weighted by Gasteiger charge is 2.24. The number of nitrogens with zero attached hydrogens (tertiary/aromatic N) is 1. The lowest BCUT2D eigenvalue weighted by atomic mass is 9.90. The van der Waals surface area contributed by atoms with E-state index in [9.17, 15) is 9.59 Å². The monoisotopic (exact) mass is 326 g/mol. The Morgan fingerprint density at radius 1 is 1.29 bits per heavy atom. The van der Waals surface area contributed by atoms with Gasteiger partial charge in [-0.15, -0.1) is 0 Å². The molecule has 1 amide bonds. The first kappa shape index (κ1) is 16.0. The van der Waals surface area contributed by atoms with E-state index in [2.05, 4.69) is 10.3 Å². The van der Waals surface area contributed by atoms with Crippen LogP contribution in [0.4, 0.5) is 4.79 Å². The van der Waals surface area contributed by atoms with E-state index >= 15 is 0 Å². The smallest absolute Gasteiger partial charge is 0.407 e. The molecule has 6 heteroatoms. The molecule has 0 saturated heterocycles. The van der Waals surface area contributed by atoms with Crippen LogP contribution in [0.15, 0.2) is 42.6 Å². The average molecular weight is 326 g/mol. The van der Waals surface area contributed by atoms with Crippen molar-refractivity contribution in [2.75, 3.05) is 0 Å². The van der Waals surface area contributed by atoms with E-state index in [1.165, 1.54) is 6.20 Å². The zero-order chi connectivity index (χ0) is 16.9. The number of rotatable bonds is 4. The lowest BCUT2D eigenvalue weighted by Gasteiger charge is -2.25. The second-order valence-electron chi connectivity index (χ2n) is 5.72. The Bertz CT molecular complexity index is 746. The molecule has 0 saturated carbocycles. The van der Waals surface area contributed by atoms with E-state index in [0.717, 1.165) is 36.1 Å². The molecule has 24 heavy (non-hydrogen) atoms. The standard InChI is InChI=1S/C18H18N2O4/c21-17(22)13-9-14-15(19-10-13)7-4-8-16(14)20-18(23)24-11-12-5-2-1-3-6-12/h1-3,5-6,9-10,16H,4,7-8,11H2,(H,20,23)(H,21,22). The zero-order valence-corrected chi connectivity index (χ0v) is 13.1. The van der Waals surface area contributed by atoms with Crippen molar-refractivity contribution in [2.45, 2.75) is 31.9 Å². The van der Waals surface area contributed by atoms with E-state index in [-0.39, 0.29) is 18.2 Å². The maximum atomic E-state index is 12.0. The van der Waals surface area contributed by atoms with E-state index in [1.54, 1.807) is 6.07 Å². The third-order valence-electron chi connectivity index (χ3n) is 4.04. The molecular weight excluding hydrogens is 308 g/mol. The van der Waals surface area contributed by atoms with Crippen molar-refractivity contribution in [3.8, 4) is 0 Å². The molecule has 0 bridgehead atoms. The summed E-state index contributed by atoms with van der Waals surface area (Å²) in [7, 11) is 0. The number of benzene rings is 1. The number of aryl methyl sites for hydroxylation is 1. The van der Waals surface area contributed by atoms with E-state index in [4.69, 9.17) is 9.84 Å². The van der Waals surface area contributed by atoms with Crippen molar-refractivity contribution in [1.82, 2.24) is 10.3 Å². The number of fused-ring (bicyclic) bond motifs is 1. The fourth-order valence-corrected chi connectivity index (χ4v) is 2.82. The summed E-state index contributed by atoms with van der Waals surface area (Å²) in [5, 5.41) is 11.9. The molecule has 2 N–H and O–H groups in total. The first-order valence-electron chi connectivity index (χ1n) is 7.83. The van der Waals surface area contributed by atoms with Crippen LogP contribution in [0.5, 0.6) is 0 Å². The van der Waals surface area contributed by atoms with E-state index in [0.29, 0.717) is 0 Å². The molecule has 1 aliphatic rings. The first-order chi connectivity index (χ1) is 11.6. The topological polar surface area (TPSA) is 88.5 Å². The highest BCUT2D eigenvalue weighted by molar-refractivity contribution is 5.87. The molecule has 1 aromatic carbocycles. The predicted molar refractivity (Wildman–Crippen MR) is 86.6 cm³/mol. The number of pyridine rings is 1. The second-order valence-corrected chi connectivity index (χ2v) is 5.72. The molecule has 0 spiro atoms. The van der Waals surface area contributed by atoms with Crippen LogP contribution in [0.3, 0.4) is 0 Å². The SMILES string of the molecule is O=C(NC1CCCc2ncc(C(=O)O)cc21)OCc1ccccc1. The Hall–Kier alpha value is -2.89. The summed E-state index contributed by atoms with van der Waals surface area (Å²) in [5.74, 6) is -1.03. The van der Waals surface area contributed by atoms with Gasteiger partial charge in [0.05, 0.1) is 11.6 Å². The summed E-state index contributed by atoms with van der Waals surface area (Å²) in [5.41, 5.74) is 2.63.